The first-order valence-electron chi connectivity index (χ1n) is 5.04. The molecule has 0 saturated heterocycles. The molecule has 0 fully saturated rings. The average Bonchev–Trinajstić information content (AvgIpc) is 2.86. The Bertz CT molecular complexity index is 589. The molecule has 0 atom stereocenters. The SMILES string of the molecule is C[N-]/N=C\c1c(C=O)c(C)n2cc(CO)sc12.[Re]. The van der Waals surface area contributed by atoms with Crippen molar-refractivity contribution in [1.29, 1.82) is 0 Å². The number of aliphatic hydroxyl groups excluding tert-OH is 1. The van der Waals surface area contributed by atoms with E-state index in [9.17, 15) is 4.79 Å². The van der Waals surface area contributed by atoms with Crippen molar-refractivity contribution in [2.45, 2.75) is 13.5 Å². The van der Waals surface area contributed by atoms with Gasteiger partial charge in [0.25, 0.3) is 0 Å². The van der Waals surface area contributed by atoms with Gasteiger partial charge in [-0.1, -0.05) is 0 Å². The van der Waals surface area contributed by atoms with E-state index in [2.05, 4.69) is 10.5 Å². The molecule has 0 aliphatic heterocycles. The van der Waals surface area contributed by atoms with Crippen LogP contribution in [0.3, 0.4) is 0 Å². The number of rotatable bonds is 4. The van der Waals surface area contributed by atoms with Gasteiger partial charge >= 0.3 is 0 Å². The van der Waals surface area contributed by atoms with Gasteiger partial charge in [-0.2, -0.15) is 0 Å². The predicted molar refractivity (Wildman–Crippen MR) is 68.2 cm³/mol. The van der Waals surface area contributed by atoms with Crippen LogP contribution in [0.2, 0.25) is 0 Å². The van der Waals surface area contributed by atoms with Crippen molar-refractivity contribution >= 4 is 28.7 Å². The van der Waals surface area contributed by atoms with Crippen molar-refractivity contribution in [1.82, 2.24) is 4.40 Å². The molecule has 97 valence electrons. The number of thiazole rings is 1. The molecule has 0 amide bonds. The van der Waals surface area contributed by atoms with Crippen molar-refractivity contribution in [2.75, 3.05) is 7.05 Å². The molecule has 2 aromatic rings. The van der Waals surface area contributed by atoms with Gasteiger partial charge in [0.2, 0.25) is 0 Å². The molecule has 18 heavy (non-hydrogen) atoms. The Hall–Kier alpha value is -0.998. The number of fused-ring (bicyclic) bond motifs is 1. The summed E-state index contributed by atoms with van der Waals surface area (Å²) in [5.41, 5.74) is 5.88. The molecular formula is C11H12N3O2ReS-. The Morgan fingerprint density at radius 2 is 2.28 bits per heavy atom. The molecule has 0 saturated carbocycles. The summed E-state index contributed by atoms with van der Waals surface area (Å²) >= 11 is 1.45. The molecule has 0 aliphatic carbocycles. The summed E-state index contributed by atoms with van der Waals surface area (Å²) in [6.07, 6.45) is 4.23. The molecule has 0 aromatic carbocycles. The zero-order valence-electron chi connectivity index (χ0n) is 9.92. The van der Waals surface area contributed by atoms with Gasteiger partial charge in [0.05, 0.1) is 6.61 Å². The normalized spacial score (nSPS) is 10.8. The zero-order chi connectivity index (χ0) is 12.4. The minimum atomic E-state index is -0.00303. The molecule has 0 aliphatic rings. The Labute approximate surface area is 122 Å². The van der Waals surface area contributed by atoms with Crippen LogP contribution in [0.1, 0.15) is 26.5 Å². The zero-order valence-corrected chi connectivity index (χ0v) is 13.5. The van der Waals surface area contributed by atoms with Crippen molar-refractivity contribution in [3.63, 3.8) is 0 Å². The summed E-state index contributed by atoms with van der Waals surface area (Å²) in [6, 6.07) is 0. The van der Waals surface area contributed by atoms with Crippen LogP contribution in [0.5, 0.6) is 0 Å². The van der Waals surface area contributed by atoms with Crippen LogP contribution in [-0.2, 0) is 27.0 Å². The number of nitrogens with zero attached hydrogens (tertiary/aromatic N) is 3. The molecule has 0 unspecified atom stereocenters. The van der Waals surface area contributed by atoms with Crippen molar-refractivity contribution in [3.8, 4) is 0 Å². The summed E-state index contributed by atoms with van der Waals surface area (Å²) < 4.78 is 1.90. The van der Waals surface area contributed by atoms with Crippen LogP contribution in [0.15, 0.2) is 11.3 Å². The molecule has 2 heterocycles. The van der Waals surface area contributed by atoms with E-state index in [0.29, 0.717) is 5.56 Å². The van der Waals surface area contributed by atoms with E-state index in [1.807, 2.05) is 17.5 Å². The van der Waals surface area contributed by atoms with E-state index in [1.165, 1.54) is 11.3 Å². The summed E-state index contributed by atoms with van der Waals surface area (Å²) in [7, 11) is 1.57. The first kappa shape index (κ1) is 15.1. The molecule has 0 spiro atoms. The third-order valence-corrected chi connectivity index (χ3v) is 3.67. The smallest absolute Gasteiger partial charge is 0.152 e. The van der Waals surface area contributed by atoms with Crippen LogP contribution in [0.4, 0.5) is 0 Å². The van der Waals surface area contributed by atoms with Crippen LogP contribution >= 0.6 is 11.3 Å². The van der Waals surface area contributed by atoms with E-state index in [-0.39, 0.29) is 27.0 Å². The molecule has 1 radical (unpaired) electrons. The standard InChI is InChI=1S/C11H12N3O2S.Re/c1-7-10(6-16)9(3-13-12-2)11-14(7)4-8(5-15)17-11;/h3-4,6,15H,5H2,1-2H3;/q-1;/b13-3-;. The molecule has 2 aromatic heterocycles. The topological polar surface area (TPSA) is 68.2 Å². The van der Waals surface area contributed by atoms with Gasteiger partial charge < -0.3 is 20.0 Å². The number of aromatic nitrogens is 1. The van der Waals surface area contributed by atoms with E-state index in [0.717, 1.165) is 27.3 Å². The van der Waals surface area contributed by atoms with Crippen LogP contribution in [0, 0.1) is 6.92 Å². The molecule has 2 rings (SSSR count). The molecular weight excluding hydrogens is 424 g/mol. The fourth-order valence-electron chi connectivity index (χ4n) is 1.74. The molecule has 1 N–H and O–H groups in total. The van der Waals surface area contributed by atoms with Crippen LogP contribution < -0.4 is 0 Å². The maximum atomic E-state index is 11.1. The van der Waals surface area contributed by atoms with Crippen molar-refractivity contribution in [2.24, 2.45) is 5.10 Å². The molecule has 0 bridgehead atoms. The second kappa shape index (κ2) is 6.25. The minimum Gasteiger partial charge on any atom is -0.605 e. The summed E-state index contributed by atoms with van der Waals surface area (Å²) in [5.74, 6) is 0. The largest absolute Gasteiger partial charge is 0.605 e. The number of hydrogen-bond donors (Lipinski definition) is 1. The molecule has 7 heteroatoms. The number of aryl methyl sites for hydroxylation is 1. The first-order chi connectivity index (χ1) is 8.22. The van der Waals surface area contributed by atoms with E-state index in [1.54, 1.807) is 13.3 Å². The number of hydrogen-bond acceptors (Lipinski definition) is 4. The minimum absolute atomic E-state index is 0. The van der Waals surface area contributed by atoms with Crippen molar-refractivity contribution in [3.05, 3.63) is 33.3 Å². The number of carbonyl (C=O) groups is 1. The van der Waals surface area contributed by atoms with Gasteiger partial charge in [-0.05, 0) is 6.92 Å². The van der Waals surface area contributed by atoms with E-state index >= 15 is 0 Å². The third kappa shape index (κ3) is 2.40. The van der Waals surface area contributed by atoms with E-state index < -0.39 is 0 Å². The van der Waals surface area contributed by atoms with Crippen LogP contribution in [0.25, 0.3) is 10.3 Å². The van der Waals surface area contributed by atoms with Crippen molar-refractivity contribution < 1.29 is 30.3 Å². The third-order valence-electron chi connectivity index (χ3n) is 2.57. The summed E-state index contributed by atoms with van der Waals surface area (Å²) in [5, 5.41) is 12.9. The first-order valence-corrected chi connectivity index (χ1v) is 5.86. The van der Waals surface area contributed by atoms with Gasteiger partial charge in [0.1, 0.15) is 4.83 Å². The fraction of sp³-hybridized carbons (Fsp3) is 0.273. The Morgan fingerprint density at radius 1 is 1.56 bits per heavy atom. The second-order valence-corrected chi connectivity index (χ2v) is 4.62. The maximum absolute atomic E-state index is 11.1. The molecule has 5 nitrogen and oxygen atoms in total. The Kier molecular flexibility index (Phi) is 5.23. The van der Waals surface area contributed by atoms with Gasteiger partial charge in [-0.25, -0.2) is 0 Å². The quantitative estimate of drug-likeness (QED) is 0.452. The summed E-state index contributed by atoms with van der Waals surface area (Å²) in [6.45, 7) is 1.86. The van der Waals surface area contributed by atoms with Gasteiger partial charge in [-0.3, -0.25) is 4.79 Å². The van der Waals surface area contributed by atoms with E-state index in [4.69, 9.17) is 5.11 Å². The second-order valence-electron chi connectivity index (χ2n) is 3.51. The Morgan fingerprint density at radius 3 is 2.83 bits per heavy atom. The predicted octanol–water partition coefficient (Wildman–Crippen LogP) is 1.95. The fourth-order valence-corrected chi connectivity index (χ4v) is 2.77. The van der Waals surface area contributed by atoms with Gasteiger partial charge in [0, 0.05) is 54.5 Å². The van der Waals surface area contributed by atoms with Crippen LogP contribution in [-0.4, -0.2) is 29.1 Å². The number of carbonyl (C=O) groups excluding carboxylic acids is 1. The van der Waals surface area contributed by atoms with Gasteiger partial charge in [-0.15, -0.1) is 18.4 Å². The van der Waals surface area contributed by atoms with Gasteiger partial charge in [0.15, 0.2) is 6.29 Å². The number of aliphatic hydroxyl groups is 1. The monoisotopic (exact) mass is 437 g/mol. The Balaban J connectivity index is 0.00000162. The number of aldehydes is 1. The average molecular weight is 437 g/mol. The maximum Gasteiger partial charge on any atom is 0.152 e. The summed E-state index contributed by atoms with van der Waals surface area (Å²) in [4.78, 5) is 12.8.